The van der Waals surface area contributed by atoms with E-state index in [1.165, 1.54) is 13.8 Å². The first-order valence-corrected chi connectivity index (χ1v) is 7.76. The summed E-state index contributed by atoms with van der Waals surface area (Å²) in [5.74, 6) is 5.84. The summed E-state index contributed by atoms with van der Waals surface area (Å²) in [6.07, 6.45) is -0.474. The standard InChI is InChI=1S/C17H22FN3O3/c1-4-23-16(22)14-15(20-21-19-14)24-13-9-5-7-12(11-13)8-6-10-17(2,3)18/h5,7,9,11,14-15,19-21H,4,10H2,1-3H3. The SMILES string of the molecule is CCOC(=O)C1NNNC1Oc1cccc(C#CCC(C)(C)F)c1. The number of alkyl halides is 1. The first kappa shape index (κ1) is 18.2. The Labute approximate surface area is 141 Å². The predicted molar refractivity (Wildman–Crippen MR) is 87.4 cm³/mol. The van der Waals surface area contributed by atoms with Crippen molar-refractivity contribution in [1.29, 1.82) is 0 Å². The highest BCUT2D eigenvalue weighted by atomic mass is 19.1. The summed E-state index contributed by atoms with van der Waals surface area (Å²) in [4.78, 5) is 11.8. The van der Waals surface area contributed by atoms with Crippen molar-refractivity contribution >= 4 is 5.97 Å². The third kappa shape index (κ3) is 5.49. The Kier molecular flexibility index (Phi) is 6.15. The van der Waals surface area contributed by atoms with Crippen LogP contribution in [-0.4, -0.2) is 30.5 Å². The third-order valence-corrected chi connectivity index (χ3v) is 3.12. The van der Waals surface area contributed by atoms with Crippen LogP contribution < -0.4 is 21.1 Å². The van der Waals surface area contributed by atoms with Gasteiger partial charge in [0.05, 0.1) is 6.61 Å². The van der Waals surface area contributed by atoms with E-state index in [1.807, 2.05) is 6.07 Å². The molecule has 1 saturated heterocycles. The molecule has 0 spiro atoms. The van der Waals surface area contributed by atoms with Crippen LogP contribution in [0.1, 0.15) is 32.8 Å². The third-order valence-electron chi connectivity index (χ3n) is 3.12. The van der Waals surface area contributed by atoms with Gasteiger partial charge < -0.3 is 9.47 Å². The van der Waals surface area contributed by atoms with Crippen LogP contribution in [0, 0.1) is 11.8 Å². The van der Waals surface area contributed by atoms with Gasteiger partial charge in [-0.05, 0) is 39.0 Å². The molecule has 1 aromatic carbocycles. The van der Waals surface area contributed by atoms with Gasteiger partial charge in [0.15, 0.2) is 12.3 Å². The van der Waals surface area contributed by atoms with Crippen molar-refractivity contribution in [1.82, 2.24) is 16.4 Å². The number of rotatable bonds is 5. The Hall–Kier alpha value is -2.14. The Balaban J connectivity index is 2.02. The summed E-state index contributed by atoms with van der Waals surface area (Å²) in [7, 11) is 0. The number of carbonyl (C=O) groups excluding carboxylic acids is 1. The van der Waals surface area contributed by atoms with Crippen molar-refractivity contribution in [2.75, 3.05) is 6.61 Å². The normalized spacial score (nSPS) is 20.2. The quantitative estimate of drug-likeness (QED) is 0.558. The summed E-state index contributed by atoms with van der Waals surface area (Å²) < 4.78 is 24.2. The molecule has 0 aromatic heterocycles. The highest BCUT2D eigenvalue weighted by molar-refractivity contribution is 5.76. The Bertz CT molecular complexity index is 634. The van der Waals surface area contributed by atoms with Crippen LogP contribution in [0.2, 0.25) is 0 Å². The largest absolute Gasteiger partial charge is 0.472 e. The van der Waals surface area contributed by atoms with Crippen molar-refractivity contribution in [3.63, 3.8) is 0 Å². The van der Waals surface area contributed by atoms with Crippen molar-refractivity contribution in [3.05, 3.63) is 29.8 Å². The van der Waals surface area contributed by atoms with E-state index < -0.39 is 23.9 Å². The second-order valence-electron chi connectivity index (χ2n) is 5.91. The average molecular weight is 335 g/mol. The molecule has 1 aromatic rings. The maximum atomic E-state index is 13.4. The van der Waals surface area contributed by atoms with E-state index in [1.54, 1.807) is 25.1 Å². The number of esters is 1. The van der Waals surface area contributed by atoms with Gasteiger partial charge in [-0.1, -0.05) is 17.9 Å². The summed E-state index contributed by atoms with van der Waals surface area (Å²) in [5, 5.41) is 0. The molecule has 24 heavy (non-hydrogen) atoms. The van der Waals surface area contributed by atoms with E-state index in [4.69, 9.17) is 9.47 Å². The lowest BCUT2D eigenvalue weighted by molar-refractivity contribution is -0.147. The molecule has 1 fully saturated rings. The van der Waals surface area contributed by atoms with Gasteiger partial charge in [-0.25, -0.2) is 15.2 Å². The number of nitrogens with one attached hydrogen (secondary N) is 3. The van der Waals surface area contributed by atoms with Gasteiger partial charge in [-0.3, -0.25) is 4.79 Å². The molecule has 1 aliphatic heterocycles. The maximum absolute atomic E-state index is 13.4. The van der Waals surface area contributed by atoms with Crippen LogP contribution in [0.4, 0.5) is 4.39 Å². The first-order chi connectivity index (χ1) is 11.4. The monoisotopic (exact) mass is 335 g/mol. The van der Waals surface area contributed by atoms with E-state index in [-0.39, 0.29) is 6.42 Å². The number of ether oxygens (including phenoxy) is 2. The molecular weight excluding hydrogens is 313 g/mol. The molecule has 2 atom stereocenters. The van der Waals surface area contributed by atoms with Gasteiger partial charge in [-0.2, -0.15) is 5.53 Å². The van der Waals surface area contributed by atoms with Crippen LogP contribution >= 0.6 is 0 Å². The van der Waals surface area contributed by atoms with Crippen LogP contribution in [-0.2, 0) is 9.53 Å². The van der Waals surface area contributed by atoms with Gasteiger partial charge >= 0.3 is 5.97 Å². The second-order valence-corrected chi connectivity index (χ2v) is 5.91. The first-order valence-electron chi connectivity index (χ1n) is 7.76. The molecule has 2 rings (SSSR count). The summed E-state index contributed by atoms with van der Waals surface area (Å²) in [5.41, 5.74) is 7.60. The zero-order valence-corrected chi connectivity index (χ0v) is 14.0. The number of benzene rings is 1. The van der Waals surface area contributed by atoms with Crippen molar-refractivity contribution in [2.24, 2.45) is 0 Å². The molecule has 0 bridgehead atoms. The molecule has 130 valence electrons. The average Bonchev–Trinajstić information content (AvgIpc) is 2.95. The second kappa shape index (κ2) is 8.11. The van der Waals surface area contributed by atoms with Crippen molar-refractivity contribution < 1.29 is 18.7 Å². The number of carbonyl (C=O) groups is 1. The van der Waals surface area contributed by atoms with Gasteiger partial charge in [0.25, 0.3) is 0 Å². The molecular formula is C17H22FN3O3. The molecule has 6 nitrogen and oxygen atoms in total. The molecule has 3 N–H and O–H groups in total. The van der Waals surface area contributed by atoms with Crippen molar-refractivity contribution in [3.8, 4) is 17.6 Å². The topological polar surface area (TPSA) is 71.6 Å². The molecule has 0 radical (unpaired) electrons. The molecule has 1 heterocycles. The molecule has 0 amide bonds. The molecule has 2 unspecified atom stereocenters. The zero-order valence-electron chi connectivity index (χ0n) is 14.0. The highest BCUT2D eigenvalue weighted by Gasteiger charge is 2.35. The van der Waals surface area contributed by atoms with E-state index in [0.717, 1.165) is 0 Å². The fourth-order valence-corrected chi connectivity index (χ4v) is 2.01. The summed E-state index contributed by atoms with van der Waals surface area (Å²) >= 11 is 0. The number of hydrazine groups is 2. The summed E-state index contributed by atoms with van der Waals surface area (Å²) in [6, 6.07) is 6.42. The van der Waals surface area contributed by atoms with Gasteiger partial charge in [0.1, 0.15) is 11.4 Å². The zero-order chi connectivity index (χ0) is 17.6. The molecule has 0 aliphatic carbocycles. The minimum absolute atomic E-state index is 0.154. The van der Waals surface area contributed by atoms with Crippen LogP contribution in [0.5, 0.6) is 5.75 Å². The number of hydrogen-bond donors (Lipinski definition) is 3. The lowest BCUT2D eigenvalue weighted by Gasteiger charge is -2.18. The van der Waals surface area contributed by atoms with E-state index in [0.29, 0.717) is 17.9 Å². The van der Waals surface area contributed by atoms with Gasteiger partial charge in [-0.15, -0.1) is 0 Å². The van der Waals surface area contributed by atoms with Gasteiger partial charge in [0, 0.05) is 12.0 Å². The Morgan fingerprint density at radius 2 is 2.17 bits per heavy atom. The maximum Gasteiger partial charge on any atom is 0.329 e. The lowest BCUT2D eigenvalue weighted by Crippen LogP contribution is -2.45. The predicted octanol–water partition coefficient (Wildman–Crippen LogP) is 1.43. The lowest BCUT2D eigenvalue weighted by atomic mass is 10.1. The minimum Gasteiger partial charge on any atom is -0.472 e. The van der Waals surface area contributed by atoms with Crippen molar-refractivity contribution in [2.45, 2.75) is 45.1 Å². The smallest absolute Gasteiger partial charge is 0.329 e. The van der Waals surface area contributed by atoms with Crippen LogP contribution in [0.3, 0.4) is 0 Å². The summed E-state index contributed by atoms with van der Waals surface area (Å²) in [6.45, 7) is 5.01. The fourth-order valence-electron chi connectivity index (χ4n) is 2.01. The van der Waals surface area contributed by atoms with Gasteiger partial charge in [0.2, 0.25) is 0 Å². The molecule has 7 heteroatoms. The van der Waals surface area contributed by atoms with Crippen LogP contribution in [0.15, 0.2) is 24.3 Å². The Morgan fingerprint density at radius 3 is 2.88 bits per heavy atom. The number of halogens is 1. The highest BCUT2D eigenvalue weighted by Crippen LogP contribution is 2.17. The molecule has 0 saturated carbocycles. The minimum atomic E-state index is -1.32. The van der Waals surface area contributed by atoms with E-state index >= 15 is 0 Å². The van der Waals surface area contributed by atoms with E-state index in [9.17, 15) is 9.18 Å². The van der Waals surface area contributed by atoms with Crippen LogP contribution in [0.25, 0.3) is 0 Å². The van der Waals surface area contributed by atoms with E-state index in [2.05, 4.69) is 28.2 Å². The number of hydrogen-bond acceptors (Lipinski definition) is 6. The Morgan fingerprint density at radius 1 is 1.38 bits per heavy atom. The fraction of sp³-hybridized carbons (Fsp3) is 0.471. The molecule has 1 aliphatic rings.